The highest BCUT2D eigenvalue weighted by Gasteiger charge is 2.28. The number of methoxy groups -OCH3 is 1. The first-order valence-corrected chi connectivity index (χ1v) is 10.2. The van der Waals surface area contributed by atoms with E-state index in [0.29, 0.717) is 25.6 Å². The molecule has 0 heterocycles. The summed E-state index contributed by atoms with van der Waals surface area (Å²) >= 11 is 6.29. The van der Waals surface area contributed by atoms with Gasteiger partial charge in [0.2, 0.25) is 0 Å². The highest BCUT2D eigenvalue weighted by atomic mass is 35.5. The summed E-state index contributed by atoms with van der Waals surface area (Å²) in [6.45, 7) is 5.22. The molecule has 0 aliphatic heterocycles. The van der Waals surface area contributed by atoms with E-state index in [1.165, 1.54) is 56.9 Å². The molecule has 0 bridgehead atoms. The Hall–Kier alpha value is -0.800. The Balaban J connectivity index is 0.000000381. The van der Waals surface area contributed by atoms with E-state index in [-0.39, 0.29) is 11.9 Å². The molecule has 1 atom stereocenters. The van der Waals surface area contributed by atoms with Crippen LogP contribution in [-0.2, 0) is 14.3 Å². The van der Waals surface area contributed by atoms with Gasteiger partial charge in [0.25, 0.3) is 0 Å². The number of allylic oxidation sites excluding steroid dienone is 3. The van der Waals surface area contributed by atoms with Crippen LogP contribution in [0.1, 0.15) is 71.6 Å². The Morgan fingerprint density at radius 3 is 2.32 bits per heavy atom. The minimum atomic E-state index is -0.238. The molecule has 0 amide bonds. The molecule has 2 aliphatic rings. The Kier molecular flexibility index (Phi) is 11.9. The van der Waals surface area contributed by atoms with E-state index in [1.807, 2.05) is 12.2 Å². The first-order chi connectivity index (χ1) is 12.1. The van der Waals surface area contributed by atoms with Crippen LogP contribution in [0.15, 0.2) is 22.8 Å². The van der Waals surface area contributed by atoms with Gasteiger partial charge in [0, 0.05) is 18.6 Å². The van der Waals surface area contributed by atoms with Crippen molar-refractivity contribution < 1.29 is 14.3 Å². The summed E-state index contributed by atoms with van der Waals surface area (Å²) in [5, 5.41) is 0.830. The maximum Gasteiger partial charge on any atom is 0.313 e. The summed E-state index contributed by atoms with van der Waals surface area (Å²) in [4.78, 5) is 11.8. The Morgan fingerprint density at radius 2 is 1.84 bits per heavy atom. The lowest BCUT2D eigenvalue weighted by molar-refractivity contribution is -0.148. The third kappa shape index (κ3) is 8.42. The maximum absolute atomic E-state index is 11.8. The molecule has 1 fully saturated rings. The summed E-state index contributed by atoms with van der Waals surface area (Å²) in [5.74, 6) is 0.159. The van der Waals surface area contributed by atoms with Crippen molar-refractivity contribution in [2.45, 2.75) is 71.6 Å². The van der Waals surface area contributed by atoms with Crippen molar-refractivity contribution in [1.29, 1.82) is 0 Å². The highest BCUT2D eigenvalue weighted by Crippen LogP contribution is 2.40. The van der Waals surface area contributed by atoms with E-state index in [1.54, 1.807) is 7.11 Å². The van der Waals surface area contributed by atoms with Crippen LogP contribution in [0, 0.1) is 11.8 Å². The second-order valence-corrected chi connectivity index (χ2v) is 7.34. The van der Waals surface area contributed by atoms with E-state index >= 15 is 0 Å². The molecule has 144 valence electrons. The molecule has 1 saturated carbocycles. The molecule has 0 aromatic rings. The zero-order valence-electron chi connectivity index (χ0n) is 16.2. The number of ether oxygens (including phenoxy) is 2. The van der Waals surface area contributed by atoms with Crippen LogP contribution in [0.3, 0.4) is 0 Å². The molecule has 4 heteroatoms. The summed E-state index contributed by atoms with van der Waals surface area (Å²) in [6.07, 6.45) is 15.3. The van der Waals surface area contributed by atoms with Crippen molar-refractivity contribution in [2.75, 3.05) is 20.3 Å². The van der Waals surface area contributed by atoms with Crippen molar-refractivity contribution in [3.8, 4) is 0 Å². The van der Waals surface area contributed by atoms with Gasteiger partial charge in [0.1, 0.15) is 6.61 Å². The van der Waals surface area contributed by atoms with Crippen molar-refractivity contribution >= 4 is 17.6 Å². The van der Waals surface area contributed by atoms with Gasteiger partial charge in [0.05, 0.1) is 12.5 Å². The predicted molar refractivity (Wildman–Crippen MR) is 105 cm³/mol. The lowest BCUT2D eigenvalue weighted by Crippen LogP contribution is -2.22. The fourth-order valence-electron chi connectivity index (χ4n) is 2.94. The topological polar surface area (TPSA) is 35.5 Å². The average Bonchev–Trinajstić information content (AvgIpc) is 2.56. The van der Waals surface area contributed by atoms with Crippen molar-refractivity contribution in [3.05, 3.63) is 22.8 Å². The summed E-state index contributed by atoms with van der Waals surface area (Å²) in [7, 11) is 1.58. The van der Waals surface area contributed by atoms with E-state index in [0.717, 1.165) is 5.03 Å². The SMILES string of the molecule is CCCCCCC.COCCOC(=O)C1C=CC(C2CCC2)=C(Cl)C1. The van der Waals surface area contributed by atoms with Gasteiger partial charge in [0.15, 0.2) is 0 Å². The zero-order chi connectivity index (χ0) is 18.5. The van der Waals surface area contributed by atoms with E-state index in [9.17, 15) is 4.79 Å². The van der Waals surface area contributed by atoms with Gasteiger partial charge in [-0.25, -0.2) is 0 Å². The van der Waals surface area contributed by atoms with E-state index < -0.39 is 0 Å². The first kappa shape index (κ1) is 22.2. The second kappa shape index (κ2) is 13.4. The standard InChI is InChI=1S/C14H19ClO3.C7H16/c1-17-7-8-18-14(16)11-5-6-12(13(15)9-11)10-3-2-4-10;1-3-5-7-6-4-2/h5-6,10-11H,2-4,7-9H2,1H3;3-7H2,1-2H3. The van der Waals surface area contributed by atoms with Gasteiger partial charge >= 0.3 is 5.97 Å². The van der Waals surface area contributed by atoms with Crippen LogP contribution < -0.4 is 0 Å². The van der Waals surface area contributed by atoms with Crippen LogP contribution in [0.2, 0.25) is 0 Å². The molecular weight excluding hydrogens is 336 g/mol. The molecular formula is C21H35ClO3. The van der Waals surface area contributed by atoms with Gasteiger partial charge in [-0.15, -0.1) is 0 Å². The highest BCUT2D eigenvalue weighted by molar-refractivity contribution is 6.30. The fourth-order valence-corrected chi connectivity index (χ4v) is 3.32. The Morgan fingerprint density at radius 1 is 1.16 bits per heavy atom. The number of carbonyl (C=O) groups is 1. The number of hydrogen-bond acceptors (Lipinski definition) is 3. The van der Waals surface area contributed by atoms with Gasteiger partial charge in [-0.3, -0.25) is 4.79 Å². The number of esters is 1. The molecule has 0 N–H and O–H groups in total. The molecule has 0 aromatic heterocycles. The van der Waals surface area contributed by atoms with Crippen LogP contribution in [0.25, 0.3) is 0 Å². The molecule has 0 aromatic carbocycles. The minimum absolute atomic E-state index is 0.214. The smallest absolute Gasteiger partial charge is 0.313 e. The summed E-state index contributed by atoms with van der Waals surface area (Å²) in [5.41, 5.74) is 1.23. The molecule has 0 radical (unpaired) electrons. The quantitative estimate of drug-likeness (QED) is 0.367. The fraction of sp³-hybridized carbons (Fsp3) is 0.762. The second-order valence-electron chi connectivity index (χ2n) is 6.88. The largest absolute Gasteiger partial charge is 0.463 e. The van der Waals surface area contributed by atoms with Crippen molar-refractivity contribution in [3.63, 3.8) is 0 Å². The zero-order valence-corrected chi connectivity index (χ0v) is 16.9. The maximum atomic E-state index is 11.8. The van der Waals surface area contributed by atoms with Gasteiger partial charge < -0.3 is 9.47 Å². The molecule has 1 unspecified atom stereocenters. The number of hydrogen-bond donors (Lipinski definition) is 0. The lowest BCUT2D eigenvalue weighted by Gasteiger charge is -2.30. The van der Waals surface area contributed by atoms with Crippen LogP contribution in [-0.4, -0.2) is 26.3 Å². The monoisotopic (exact) mass is 370 g/mol. The minimum Gasteiger partial charge on any atom is -0.463 e. The third-order valence-electron chi connectivity index (χ3n) is 4.81. The van der Waals surface area contributed by atoms with E-state index in [2.05, 4.69) is 13.8 Å². The van der Waals surface area contributed by atoms with Crippen LogP contribution >= 0.6 is 11.6 Å². The van der Waals surface area contributed by atoms with Crippen molar-refractivity contribution in [1.82, 2.24) is 0 Å². The molecule has 0 spiro atoms. The van der Waals surface area contributed by atoms with E-state index in [4.69, 9.17) is 21.1 Å². The number of carbonyl (C=O) groups excluding carboxylic acids is 1. The molecule has 2 rings (SSSR count). The Bertz CT molecular complexity index is 434. The number of halogens is 1. The molecule has 2 aliphatic carbocycles. The number of rotatable bonds is 9. The van der Waals surface area contributed by atoms with Gasteiger partial charge in [-0.1, -0.05) is 76.1 Å². The Labute approximate surface area is 158 Å². The molecule has 0 saturated heterocycles. The van der Waals surface area contributed by atoms with Crippen molar-refractivity contribution in [2.24, 2.45) is 11.8 Å². The summed E-state index contributed by atoms with van der Waals surface area (Å²) < 4.78 is 9.95. The molecule has 3 nitrogen and oxygen atoms in total. The lowest BCUT2D eigenvalue weighted by atomic mass is 9.77. The first-order valence-electron chi connectivity index (χ1n) is 9.86. The van der Waals surface area contributed by atoms with Gasteiger partial charge in [-0.2, -0.15) is 0 Å². The average molecular weight is 371 g/mol. The van der Waals surface area contributed by atoms with Gasteiger partial charge in [-0.05, 0) is 24.3 Å². The predicted octanol–water partition coefficient (Wildman–Crippen LogP) is 6.02. The summed E-state index contributed by atoms with van der Waals surface area (Å²) in [6, 6.07) is 0. The van der Waals surface area contributed by atoms with Crippen LogP contribution in [0.4, 0.5) is 0 Å². The normalized spacial score (nSPS) is 19.9. The molecule has 25 heavy (non-hydrogen) atoms. The van der Waals surface area contributed by atoms with Crippen LogP contribution in [0.5, 0.6) is 0 Å². The number of unbranched alkanes of at least 4 members (excludes halogenated alkanes) is 4. The third-order valence-corrected chi connectivity index (χ3v) is 5.18.